The minimum absolute atomic E-state index is 0.0340. The van der Waals surface area contributed by atoms with Crippen molar-refractivity contribution < 1.29 is 4.79 Å². The van der Waals surface area contributed by atoms with Crippen molar-refractivity contribution in [3.8, 4) is 0 Å². The largest absolute Gasteiger partial charge is 0.385 e. The molecule has 2 heterocycles. The fourth-order valence-corrected chi connectivity index (χ4v) is 2.77. The fraction of sp³-hybridized carbons (Fsp3) is 0.294. The third-order valence-corrected chi connectivity index (χ3v) is 3.94. The van der Waals surface area contributed by atoms with Crippen LogP contribution in [0.5, 0.6) is 0 Å². The van der Waals surface area contributed by atoms with E-state index in [0.717, 1.165) is 29.8 Å². The third-order valence-electron chi connectivity index (χ3n) is 3.94. The van der Waals surface area contributed by atoms with Crippen molar-refractivity contribution in [1.29, 1.82) is 0 Å². The standard InChI is InChI=1S/C17H19N3O/c1-12(13-5-4-9-18-11-13)20-17(21)15-8-10-19-16-7-3-2-6-14(15)16/h2-7,9,11-12,15,19H,8,10H2,1H3,(H,20,21)/t12-,15?/m0/s1. The van der Waals surface area contributed by atoms with Crippen molar-refractivity contribution in [2.24, 2.45) is 0 Å². The van der Waals surface area contributed by atoms with E-state index in [1.54, 1.807) is 12.4 Å². The number of carbonyl (C=O) groups excluding carboxylic acids is 1. The molecular weight excluding hydrogens is 262 g/mol. The second-order valence-electron chi connectivity index (χ2n) is 5.37. The van der Waals surface area contributed by atoms with Crippen LogP contribution in [0.2, 0.25) is 0 Å². The second kappa shape index (κ2) is 5.95. The number of anilines is 1. The van der Waals surface area contributed by atoms with Crippen LogP contribution in [0, 0.1) is 0 Å². The minimum atomic E-state index is -0.0819. The Morgan fingerprint density at radius 1 is 1.33 bits per heavy atom. The number of pyridine rings is 1. The Labute approximate surface area is 124 Å². The molecule has 1 aromatic heterocycles. The van der Waals surface area contributed by atoms with Crippen LogP contribution in [0.1, 0.15) is 36.4 Å². The van der Waals surface area contributed by atoms with E-state index in [2.05, 4.69) is 15.6 Å². The van der Waals surface area contributed by atoms with Crippen LogP contribution in [0.25, 0.3) is 0 Å². The molecule has 2 aromatic rings. The number of fused-ring (bicyclic) bond motifs is 1. The average molecular weight is 281 g/mol. The van der Waals surface area contributed by atoms with E-state index in [-0.39, 0.29) is 17.9 Å². The number of amides is 1. The van der Waals surface area contributed by atoms with Crippen molar-refractivity contribution in [2.75, 3.05) is 11.9 Å². The summed E-state index contributed by atoms with van der Waals surface area (Å²) in [5.41, 5.74) is 3.17. The summed E-state index contributed by atoms with van der Waals surface area (Å²) in [6, 6.07) is 11.9. The summed E-state index contributed by atoms with van der Waals surface area (Å²) in [4.78, 5) is 16.7. The zero-order valence-electron chi connectivity index (χ0n) is 12.0. The van der Waals surface area contributed by atoms with Crippen LogP contribution < -0.4 is 10.6 Å². The highest BCUT2D eigenvalue weighted by Gasteiger charge is 2.27. The van der Waals surface area contributed by atoms with Crippen LogP contribution in [0.15, 0.2) is 48.8 Å². The van der Waals surface area contributed by atoms with Gasteiger partial charge in [-0.05, 0) is 36.6 Å². The fourth-order valence-electron chi connectivity index (χ4n) is 2.77. The van der Waals surface area contributed by atoms with E-state index in [0.29, 0.717) is 0 Å². The summed E-state index contributed by atoms with van der Waals surface area (Å²) in [5, 5.41) is 6.44. The minimum Gasteiger partial charge on any atom is -0.385 e. The molecule has 0 saturated heterocycles. The molecule has 1 unspecified atom stereocenters. The van der Waals surface area contributed by atoms with E-state index in [4.69, 9.17) is 0 Å². The van der Waals surface area contributed by atoms with Crippen molar-refractivity contribution in [1.82, 2.24) is 10.3 Å². The van der Waals surface area contributed by atoms with Crippen LogP contribution in [-0.4, -0.2) is 17.4 Å². The van der Waals surface area contributed by atoms with Crippen LogP contribution in [-0.2, 0) is 4.79 Å². The van der Waals surface area contributed by atoms with Gasteiger partial charge in [-0.2, -0.15) is 0 Å². The zero-order chi connectivity index (χ0) is 14.7. The monoisotopic (exact) mass is 281 g/mol. The summed E-state index contributed by atoms with van der Waals surface area (Å²) >= 11 is 0. The molecule has 0 spiro atoms. The van der Waals surface area contributed by atoms with Crippen LogP contribution in [0.3, 0.4) is 0 Å². The van der Waals surface area contributed by atoms with Gasteiger partial charge in [0.25, 0.3) is 0 Å². The molecule has 0 bridgehead atoms. The summed E-state index contributed by atoms with van der Waals surface area (Å²) in [7, 11) is 0. The van der Waals surface area contributed by atoms with Gasteiger partial charge in [-0.25, -0.2) is 0 Å². The van der Waals surface area contributed by atoms with Gasteiger partial charge < -0.3 is 10.6 Å². The SMILES string of the molecule is C[C@H](NC(=O)C1CCNc2ccccc21)c1cccnc1. The first-order valence-electron chi connectivity index (χ1n) is 7.29. The smallest absolute Gasteiger partial charge is 0.228 e. The summed E-state index contributed by atoms with van der Waals surface area (Å²) < 4.78 is 0. The summed E-state index contributed by atoms with van der Waals surface area (Å²) in [6.45, 7) is 2.82. The Balaban J connectivity index is 1.75. The molecule has 1 amide bonds. The Kier molecular flexibility index (Phi) is 3.86. The quantitative estimate of drug-likeness (QED) is 0.909. The molecule has 21 heavy (non-hydrogen) atoms. The molecule has 0 radical (unpaired) electrons. The maximum absolute atomic E-state index is 12.6. The lowest BCUT2D eigenvalue weighted by molar-refractivity contribution is -0.123. The number of carbonyl (C=O) groups is 1. The van der Waals surface area contributed by atoms with E-state index < -0.39 is 0 Å². The topological polar surface area (TPSA) is 54.0 Å². The van der Waals surface area contributed by atoms with Crippen LogP contribution in [0.4, 0.5) is 5.69 Å². The van der Waals surface area contributed by atoms with Gasteiger partial charge in [0.1, 0.15) is 0 Å². The number of benzene rings is 1. The second-order valence-corrected chi connectivity index (χ2v) is 5.37. The maximum Gasteiger partial charge on any atom is 0.228 e. The van der Waals surface area contributed by atoms with Gasteiger partial charge in [0.15, 0.2) is 0 Å². The van der Waals surface area contributed by atoms with Gasteiger partial charge in [-0.1, -0.05) is 24.3 Å². The molecule has 1 aliphatic heterocycles. The van der Waals surface area contributed by atoms with Crippen molar-refractivity contribution >= 4 is 11.6 Å². The van der Waals surface area contributed by atoms with Crippen LogP contribution >= 0.6 is 0 Å². The highest BCUT2D eigenvalue weighted by Crippen LogP contribution is 2.31. The molecule has 2 N–H and O–H groups in total. The molecule has 0 saturated carbocycles. The number of hydrogen-bond acceptors (Lipinski definition) is 3. The predicted octanol–water partition coefficient (Wildman–Crippen LogP) is 2.86. The normalized spacial score (nSPS) is 18.2. The summed E-state index contributed by atoms with van der Waals surface area (Å²) in [6.07, 6.45) is 4.35. The highest BCUT2D eigenvalue weighted by atomic mass is 16.1. The molecule has 1 aliphatic rings. The first-order valence-corrected chi connectivity index (χ1v) is 7.29. The molecule has 108 valence electrons. The Morgan fingerprint density at radius 2 is 2.19 bits per heavy atom. The average Bonchev–Trinajstić information content (AvgIpc) is 2.55. The van der Waals surface area contributed by atoms with Gasteiger partial charge in [-0.3, -0.25) is 9.78 Å². The number of rotatable bonds is 3. The number of nitrogens with zero attached hydrogens (tertiary/aromatic N) is 1. The molecular formula is C17H19N3O. The van der Waals surface area contributed by atoms with Gasteiger partial charge in [0, 0.05) is 24.6 Å². The molecule has 1 aromatic carbocycles. The van der Waals surface area contributed by atoms with Crippen molar-refractivity contribution in [3.63, 3.8) is 0 Å². The predicted molar refractivity (Wildman–Crippen MR) is 83.1 cm³/mol. The van der Waals surface area contributed by atoms with Crippen molar-refractivity contribution in [2.45, 2.75) is 25.3 Å². The Bertz CT molecular complexity index is 627. The Hall–Kier alpha value is -2.36. The first-order chi connectivity index (χ1) is 10.3. The molecule has 4 heteroatoms. The third kappa shape index (κ3) is 2.89. The summed E-state index contributed by atoms with van der Waals surface area (Å²) in [5.74, 6) is 0.00174. The number of aromatic nitrogens is 1. The maximum atomic E-state index is 12.6. The van der Waals surface area contributed by atoms with Gasteiger partial charge in [-0.15, -0.1) is 0 Å². The van der Waals surface area contributed by atoms with Crippen molar-refractivity contribution in [3.05, 3.63) is 59.9 Å². The number of para-hydroxylation sites is 1. The molecule has 0 fully saturated rings. The lowest BCUT2D eigenvalue weighted by atomic mass is 9.90. The molecule has 0 aliphatic carbocycles. The first kappa shape index (κ1) is 13.6. The zero-order valence-corrected chi connectivity index (χ0v) is 12.0. The highest BCUT2D eigenvalue weighted by molar-refractivity contribution is 5.86. The molecule has 2 atom stereocenters. The molecule has 4 nitrogen and oxygen atoms in total. The lowest BCUT2D eigenvalue weighted by Crippen LogP contribution is -2.34. The van der Waals surface area contributed by atoms with Gasteiger partial charge >= 0.3 is 0 Å². The number of hydrogen-bond donors (Lipinski definition) is 2. The van der Waals surface area contributed by atoms with E-state index in [1.165, 1.54) is 0 Å². The van der Waals surface area contributed by atoms with E-state index in [1.807, 2.05) is 43.3 Å². The van der Waals surface area contributed by atoms with Gasteiger partial charge in [0.2, 0.25) is 5.91 Å². The van der Waals surface area contributed by atoms with E-state index in [9.17, 15) is 4.79 Å². The van der Waals surface area contributed by atoms with E-state index >= 15 is 0 Å². The van der Waals surface area contributed by atoms with Gasteiger partial charge in [0.05, 0.1) is 12.0 Å². The molecule has 3 rings (SSSR count). The Morgan fingerprint density at radius 3 is 3.00 bits per heavy atom. The lowest BCUT2D eigenvalue weighted by Gasteiger charge is -2.27. The number of nitrogens with one attached hydrogen (secondary N) is 2.